The summed E-state index contributed by atoms with van der Waals surface area (Å²) in [5.74, 6) is 0.0381. The summed E-state index contributed by atoms with van der Waals surface area (Å²) in [6.45, 7) is 5.14. The highest BCUT2D eigenvalue weighted by atomic mass is 32.2. The maximum Gasteiger partial charge on any atom is 0.446 e. The minimum atomic E-state index is -4.53. The van der Waals surface area contributed by atoms with Gasteiger partial charge >= 0.3 is 5.51 Å². The molecule has 3 unspecified atom stereocenters. The van der Waals surface area contributed by atoms with Gasteiger partial charge in [0.15, 0.2) is 0 Å². The number of piperidine rings is 1. The zero-order valence-corrected chi connectivity index (χ0v) is 21.6. The third-order valence-electron chi connectivity index (χ3n) is 5.90. The molecule has 0 saturated carbocycles. The summed E-state index contributed by atoms with van der Waals surface area (Å²) in [5, 5.41) is 10.2. The van der Waals surface area contributed by atoms with E-state index >= 15 is 0 Å². The Morgan fingerprint density at radius 1 is 1.28 bits per heavy atom. The molecule has 3 aromatic rings. The van der Waals surface area contributed by atoms with Crippen molar-refractivity contribution < 1.29 is 26.9 Å². The number of benzene rings is 1. The van der Waals surface area contributed by atoms with E-state index in [-0.39, 0.29) is 39.2 Å². The molecule has 5 rings (SSSR count). The number of carbonyl (C=O) groups excluding carboxylic acids is 1. The van der Waals surface area contributed by atoms with Crippen LogP contribution in [0.5, 0.6) is 0 Å². The molecule has 2 aromatic heterocycles. The molecule has 2 fully saturated rings. The van der Waals surface area contributed by atoms with Gasteiger partial charge in [-0.05, 0) is 37.7 Å². The molecule has 36 heavy (non-hydrogen) atoms. The quantitative estimate of drug-likeness (QED) is 0.301. The van der Waals surface area contributed by atoms with Crippen molar-refractivity contribution in [2.75, 3.05) is 25.5 Å². The Hall–Kier alpha value is -2.38. The monoisotopic (exact) mass is 545 g/mol. The molecular weight excluding hydrogens is 518 g/mol. The van der Waals surface area contributed by atoms with Gasteiger partial charge in [-0.1, -0.05) is 31.1 Å². The van der Waals surface area contributed by atoms with Gasteiger partial charge in [-0.2, -0.15) is 18.2 Å². The number of anilines is 1. The molecule has 1 amide bonds. The largest absolute Gasteiger partial charge is 0.446 e. The van der Waals surface area contributed by atoms with Gasteiger partial charge in [0.2, 0.25) is 17.6 Å². The Labute approximate surface area is 214 Å². The first-order chi connectivity index (χ1) is 17.2. The fourth-order valence-corrected chi connectivity index (χ4v) is 6.37. The van der Waals surface area contributed by atoms with Gasteiger partial charge in [0, 0.05) is 29.8 Å². The molecule has 3 atom stereocenters. The first-order valence-corrected chi connectivity index (χ1v) is 13.3. The number of nitrogens with zero attached hydrogens (tertiary/aromatic N) is 3. The van der Waals surface area contributed by atoms with Crippen molar-refractivity contribution >= 4 is 44.8 Å². The fraction of sp³-hybridized carbons (Fsp3) is 0.522. The lowest BCUT2D eigenvalue weighted by Crippen LogP contribution is -2.47. The average molecular weight is 546 g/mol. The van der Waals surface area contributed by atoms with Gasteiger partial charge in [0.05, 0.1) is 21.3 Å². The molecule has 7 nitrogen and oxygen atoms in total. The number of thiophene rings is 1. The number of amides is 1. The number of likely N-dealkylation sites (tertiary alicyclic amines) is 1. The molecule has 1 aromatic carbocycles. The van der Waals surface area contributed by atoms with E-state index in [1.807, 2.05) is 25.8 Å². The number of halogens is 4. The molecule has 13 heteroatoms. The van der Waals surface area contributed by atoms with E-state index in [2.05, 4.69) is 20.8 Å². The number of alkyl halides is 4. The Balaban J connectivity index is 0.00000148. The van der Waals surface area contributed by atoms with Crippen LogP contribution in [-0.4, -0.2) is 58.8 Å². The van der Waals surface area contributed by atoms with Crippen LogP contribution < -0.4 is 10.6 Å². The van der Waals surface area contributed by atoms with Crippen molar-refractivity contribution in [1.29, 1.82) is 0 Å². The van der Waals surface area contributed by atoms with E-state index in [0.717, 1.165) is 11.3 Å². The summed E-state index contributed by atoms with van der Waals surface area (Å²) in [6, 6.07) is 4.06. The van der Waals surface area contributed by atoms with Gasteiger partial charge < -0.3 is 20.1 Å². The van der Waals surface area contributed by atoms with E-state index in [0.29, 0.717) is 48.1 Å². The predicted octanol–water partition coefficient (Wildman–Crippen LogP) is 5.99. The smallest absolute Gasteiger partial charge is 0.377 e. The van der Waals surface area contributed by atoms with Crippen LogP contribution in [-0.2, 0) is 4.79 Å². The van der Waals surface area contributed by atoms with Crippen LogP contribution in [0.1, 0.15) is 45.0 Å². The maximum atomic E-state index is 14.6. The van der Waals surface area contributed by atoms with Gasteiger partial charge in [0.1, 0.15) is 12.2 Å². The Bertz CT molecular complexity index is 1220. The minimum Gasteiger partial charge on any atom is -0.377 e. The van der Waals surface area contributed by atoms with Crippen LogP contribution in [0.4, 0.5) is 23.2 Å². The second-order valence-corrected chi connectivity index (χ2v) is 10.5. The second kappa shape index (κ2) is 10.9. The Kier molecular flexibility index (Phi) is 8.10. The highest BCUT2D eigenvalue weighted by Crippen LogP contribution is 2.50. The maximum absolute atomic E-state index is 14.6. The molecule has 2 N–H and O–H groups in total. The van der Waals surface area contributed by atoms with Crippen molar-refractivity contribution in [2.45, 2.75) is 61.8 Å². The van der Waals surface area contributed by atoms with Crippen LogP contribution in [0.2, 0.25) is 0 Å². The highest BCUT2D eigenvalue weighted by Gasteiger charge is 2.35. The van der Waals surface area contributed by atoms with E-state index in [4.69, 9.17) is 4.52 Å². The predicted molar refractivity (Wildman–Crippen MR) is 133 cm³/mol. The zero-order chi connectivity index (χ0) is 26.0. The summed E-state index contributed by atoms with van der Waals surface area (Å²) >= 11 is 0.865. The van der Waals surface area contributed by atoms with Crippen molar-refractivity contribution in [3.8, 4) is 10.7 Å². The van der Waals surface area contributed by atoms with Gasteiger partial charge in [0.25, 0.3) is 0 Å². The van der Waals surface area contributed by atoms with E-state index in [9.17, 15) is 22.4 Å². The first-order valence-electron chi connectivity index (χ1n) is 11.7. The molecular formula is C23H27F4N5O2S2. The van der Waals surface area contributed by atoms with Gasteiger partial charge in [-0.25, -0.2) is 4.39 Å². The number of hydrogen-bond donors (Lipinski definition) is 2. The fourth-order valence-electron chi connectivity index (χ4n) is 4.26. The highest BCUT2D eigenvalue weighted by molar-refractivity contribution is 8.00. The standard InChI is InChI=1S/C21H21F4N5O2S2.C2H6/c1-30-8-7-11(22)14(9-30)26-12-4-2-3-10-16(12)33-18(17(10)34-21(23,24)25)19-28-20(32-29-19)13-5-6-15(31)27-13;1-2/h2-4,11,13-14,26H,5-9H2,1H3,(H,27,31);1-2H3. The molecule has 0 aliphatic carbocycles. The summed E-state index contributed by atoms with van der Waals surface area (Å²) in [5.41, 5.74) is -3.97. The minimum absolute atomic E-state index is 0.0239. The van der Waals surface area contributed by atoms with E-state index < -0.39 is 23.8 Å². The van der Waals surface area contributed by atoms with Gasteiger partial charge in [-0.15, -0.1) is 11.3 Å². The number of fused-ring (bicyclic) bond motifs is 1. The molecule has 0 spiro atoms. The lowest BCUT2D eigenvalue weighted by molar-refractivity contribution is -0.119. The molecule has 2 saturated heterocycles. The number of carbonyl (C=O) groups is 1. The van der Waals surface area contributed by atoms with E-state index in [1.165, 1.54) is 0 Å². The number of rotatable bonds is 5. The average Bonchev–Trinajstić information content (AvgIpc) is 3.56. The second-order valence-electron chi connectivity index (χ2n) is 8.42. The SMILES string of the molecule is CC.CN1CCC(F)C(Nc2cccc3c(SC(F)(F)F)c(-c4noc(C5CCC(=O)N5)n4)sc23)C1. The normalized spacial score (nSPS) is 22.9. The Morgan fingerprint density at radius 2 is 2.06 bits per heavy atom. The topological polar surface area (TPSA) is 83.3 Å². The van der Waals surface area contributed by atoms with Crippen LogP contribution in [0.15, 0.2) is 27.6 Å². The first kappa shape index (κ1) is 26.7. The van der Waals surface area contributed by atoms with Crippen molar-refractivity contribution in [2.24, 2.45) is 0 Å². The Morgan fingerprint density at radius 3 is 2.75 bits per heavy atom. The molecule has 2 aliphatic rings. The molecule has 4 heterocycles. The summed E-state index contributed by atoms with van der Waals surface area (Å²) in [7, 11) is 1.91. The zero-order valence-electron chi connectivity index (χ0n) is 20.0. The van der Waals surface area contributed by atoms with Crippen LogP contribution in [0, 0.1) is 0 Å². The summed E-state index contributed by atoms with van der Waals surface area (Å²) in [4.78, 5) is 18.0. The number of hydrogen-bond acceptors (Lipinski definition) is 8. The van der Waals surface area contributed by atoms with Crippen LogP contribution in [0.25, 0.3) is 20.8 Å². The van der Waals surface area contributed by atoms with Gasteiger partial charge in [-0.3, -0.25) is 4.79 Å². The lowest BCUT2D eigenvalue weighted by atomic mass is 10.0. The van der Waals surface area contributed by atoms with Crippen molar-refractivity contribution in [1.82, 2.24) is 20.4 Å². The third-order valence-corrected chi connectivity index (χ3v) is 8.12. The molecule has 0 bridgehead atoms. The van der Waals surface area contributed by atoms with Crippen molar-refractivity contribution in [3.05, 3.63) is 24.1 Å². The molecule has 0 radical (unpaired) electrons. The molecule has 2 aliphatic heterocycles. The number of thioether (sulfide) groups is 1. The number of likely N-dealkylation sites (N-methyl/N-ethyl adjacent to an activating group) is 1. The third kappa shape index (κ3) is 5.78. The molecule has 196 valence electrons. The van der Waals surface area contributed by atoms with Crippen LogP contribution in [0.3, 0.4) is 0 Å². The lowest BCUT2D eigenvalue weighted by Gasteiger charge is -2.33. The van der Waals surface area contributed by atoms with E-state index in [1.54, 1.807) is 18.2 Å². The number of nitrogens with one attached hydrogen (secondary N) is 2. The summed E-state index contributed by atoms with van der Waals surface area (Å²) in [6.07, 6.45) is 0.127. The summed E-state index contributed by atoms with van der Waals surface area (Å²) < 4.78 is 60.9. The van der Waals surface area contributed by atoms with Crippen LogP contribution >= 0.6 is 23.1 Å². The van der Waals surface area contributed by atoms with Crippen molar-refractivity contribution in [3.63, 3.8) is 0 Å². The number of aromatic nitrogens is 2.